The van der Waals surface area contributed by atoms with E-state index in [0.29, 0.717) is 11.7 Å². The monoisotopic (exact) mass is 200 g/mol. The molecule has 1 rings (SSSR count). The Morgan fingerprint density at radius 2 is 2.23 bits per heavy atom. The second kappa shape index (κ2) is 4.03. The van der Waals surface area contributed by atoms with E-state index in [9.17, 15) is 0 Å². The average molecular weight is 201 g/mol. The lowest BCUT2D eigenvalue weighted by Crippen LogP contribution is -2.23. The highest BCUT2D eigenvalue weighted by Gasteiger charge is 2.22. The van der Waals surface area contributed by atoms with Crippen LogP contribution in [0.15, 0.2) is 12.3 Å². The van der Waals surface area contributed by atoms with Crippen LogP contribution in [0.4, 0.5) is 0 Å². The Hall–Kier alpha value is -0.670. The number of halogens is 1. The normalized spacial score (nSPS) is 11.7. The third kappa shape index (κ3) is 2.39. The van der Waals surface area contributed by atoms with E-state index in [0.717, 1.165) is 5.69 Å². The molecule has 0 spiro atoms. The summed E-state index contributed by atoms with van der Waals surface area (Å²) in [6, 6.07) is 1.79. The van der Waals surface area contributed by atoms with Crippen LogP contribution in [-0.2, 0) is 16.2 Å². The molecular formula is C9H13ClN2O. The second-order valence-corrected chi connectivity index (χ2v) is 3.49. The molecule has 0 atom stereocenters. The molecule has 4 heteroatoms. The third-order valence-electron chi connectivity index (χ3n) is 1.90. The largest absolute Gasteiger partial charge is 0.371 e. The minimum Gasteiger partial charge on any atom is -0.371 e. The molecule has 13 heavy (non-hydrogen) atoms. The van der Waals surface area contributed by atoms with Crippen molar-refractivity contribution in [1.29, 1.82) is 0 Å². The molecule has 0 unspecified atom stereocenters. The van der Waals surface area contributed by atoms with Crippen LogP contribution in [-0.4, -0.2) is 17.1 Å². The van der Waals surface area contributed by atoms with Crippen molar-refractivity contribution < 1.29 is 4.74 Å². The summed E-state index contributed by atoms with van der Waals surface area (Å²) < 4.78 is 5.26. The van der Waals surface area contributed by atoms with E-state index >= 15 is 0 Å². The molecule has 1 aromatic heterocycles. The van der Waals surface area contributed by atoms with Crippen LogP contribution in [0.5, 0.6) is 0 Å². The smallest absolute Gasteiger partial charge is 0.159 e. The highest BCUT2D eigenvalue weighted by atomic mass is 35.5. The summed E-state index contributed by atoms with van der Waals surface area (Å²) in [6.45, 7) is 3.83. The van der Waals surface area contributed by atoms with Gasteiger partial charge in [0.1, 0.15) is 5.60 Å². The maximum absolute atomic E-state index is 5.66. The Morgan fingerprint density at radius 1 is 1.54 bits per heavy atom. The van der Waals surface area contributed by atoms with E-state index in [2.05, 4.69) is 9.97 Å². The van der Waals surface area contributed by atoms with Gasteiger partial charge in [0, 0.05) is 13.3 Å². The van der Waals surface area contributed by atoms with E-state index in [4.69, 9.17) is 16.3 Å². The highest BCUT2D eigenvalue weighted by Crippen LogP contribution is 2.19. The first-order valence-electron chi connectivity index (χ1n) is 4.03. The Kier molecular flexibility index (Phi) is 3.22. The predicted octanol–water partition coefficient (Wildman–Crippen LogP) is 2.10. The summed E-state index contributed by atoms with van der Waals surface area (Å²) in [5.74, 6) is 1.06. The second-order valence-electron chi connectivity index (χ2n) is 3.22. The molecule has 3 nitrogen and oxygen atoms in total. The summed E-state index contributed by atoms with van der Waals surface area (Å²) in [4.78, 5) is 8.40. The zero-order valence-corrected chi connectivity index (χ0v) is 8.80. The molecule has 0 aromatic carbocycles. The SMILES string of the molecule is COC(C)(C)c1nccc(CCl)n1. The van der Waals surface area contributed by atoms with Crippen molar-refractivity contribution in [2.75, 3.05) is 7.11 Å². The zero-order chi connectivity index (χ0) is 9.90. The fourth-order valence-electron chi connectivity index (χ4n) is 0.852. The van der Waals surface area contributed by atoms with Gasteiger partial charge in [-0.15, -0.1) is 11.6 Å². The summed E-state index contributed by atoms with van der Waals surface area (Å²) >= 11 is 5.66. The molecule has 0 saturated carbocycles. The quantitative estimate of drug-likeness (QED) is 0.701. The Balaban J connectivity index is 3.01. The topological polar surface area (TPSA) is 35.0 Å². The Bertz CT molecular complexity index is 289. The molecule has 0 aliphatic rings. The van der Waals surface area contributed by atoms with E-state index < -0.39 is 5.60 Å². The lowest BCUT2D eigenvalue weighted by atomic mass is 10.1. The van der Waals surface area contributed by atoms with Gasteiger partial charge in [-0.1, -0.05) is 0 Å². The van der Waals surface area contributed by atoms with Crippen molar-refractivity contribution in [3.05, 3.63) is 23.8 Å². The maximum Gasteiger partial charge on any atom is 0.159 e. The van der Waals surface area contributed by atoms with Gasteiger partial charge in [0.25, 0.3) is 0 Å². The van der Waals surface area contributed by atoms with Crippen molar-refractivity contribution in [3.8, 4) is 0 Å². The summed E-state index contributed by atoms with van der Waals surface area (Å²) in [5.41, 5.74) is 0.360. The fourth-order valence-corrected chi connectivity index (χ4v) is 1.00. The summed E-state index contributed by atoms with van der Waals surface area (Å²) in [7, 11) is 1.64. The number of aromatic nitrogens is 2. The predicted molar refractivity (Wildman–Crippen MR) is 51.6 cm³/mol. The lowest BCUT2D eigenvalue weighted by Gasteiger charge is -2.20. The van der Waals surface area contributed by atoms with Gasteiger partial charge in [-0.2, -0.15) is 0 Å². The minimum atomic E-state index is -0.456. The number of alkyl halides is 1. The number of hydrogen-bond donors (Lipinski definition) is 0. The average Bonchev–Trinajstić information content (AvgIpc) is 2.18. The molecule has 0 radical (unpaired) electrons. The van der Waals surface area contributed by atoms with Crippen molar-refractivity contribution in [2.24, 2.45) is 0 Å². The zero-order valence-electron chi connectivity index (χ0n) is 8.04. The first-order valence-corrected chi connectivity index (χ1v) is 4.57. The van der Waals surface area contributed by atoms with Crippen LogP contribution in [0.2, 0.25) is 0 Å². The van der Waals surface area contributed by atoms with Crippen LogP contribution in [0.3, 0.4) is 0 Å². The van der Waals surface area contributed by atoms with Gasteiger partial charge in [-0.05, 0) is 19.9 Å². The van der Waals surface area contributed by atoms with Crippen LogP contribution < -0.4 is 0 Å². The molecule has 1 heterocycles. The van der Waals surface area contributed by atoms with Crippen molar-refractivity contribution in [2.45, 2.75) is 25.3 Å². The molecule has 0 amide bonds. The molecule has 0 aliphatic heterocycles. The van der Waals surface area contributed by atoms with Gasteiger partial charge < -0.3 is 4.74 Å². The van der Waals surface area contributed by atoms with Crippen LogP contribution in [0.25, 0.3) is 0 Å². The maximum atomic E-state index is 5.66. The van der Waals surface area contributed by atoms with E-state index in [1.807, 2.05) is 13.8 Å². The molecular weight excluding hydrogens is 188 g/mol. The number of methoxy groups -OCH3 is 1. The molecule has 72 valence electrons. The van der Waals surface area contributed by atoms with Crippen LogP contribution >= 0.6 is 11.6 Å². The Labute approximate surface area is 83.1 Å². The molecule has 0 fully saturated rings. The molecule has 0 bridgehead atoms. The highest BCUT2D eigenvalue weighted by molar-refractivity contribution is 6.16. The Morgan fingerprint density at radius 3 is 2.77 bits per heavy atom. The number of nitrogens with zero attached hydrogens (tertiary/aromatic N) is 2. The van der Waals surface area contributed by atoms with Crippen LogP contribution in [0.1, 0.15) is 25.4 Å². The first kappa shape index (κ1) is 10.4. The van der Waals surface area contributed by atoms with Crippen LogP contribution in [0, 0.1) is 0 Å². The molecule has 0 N–H and O–H groups in total. The van der Waals surface area contributed by atoms with Gasteiger partial charge in [0.15, 0.2) is 5.82 Å². The molecule has 0 aliphatic carbocycles. The van der Waals surface area contributed by atoms with E-state index in [-0.39, 0.29) is 0 Å². The minimum absolute atomic E-state index is 0.398. The van der Waals surface area contributed by atoms with Crippen molar-refractivity contribution in [3.63, 3.8) is 0 Å². The van der Waals surface area contributed by atoms with Gasteiger partial charge in [-0.3, -0.25) is 0 Å². The standard InChI is InChI=1S/C9H13ClN2O/c1-9(2,13-3)8-11-5-4-7(6-10)12-8/h4-5H,6H2,1-3H3. The lowest BCUT2D eigenvalue weighted by molar-refractivity contribution is 0.0113. The number of ether oxygens (including phenoxy) is 1. The summed E-state index contributed by atoms with van der Waals surface area (Å²) in [5, 5.41) is 0. The van der Waals surface area contributed by atoms with Gasteiger partial charge >= 0.3 is 0 Å². The summed E-state index contributed by atoms with van der Waals surface area (Å²) in [6.07, 6.45) is 1.70. The van der Waals surface area contributed by atoms with Crippen molar-refractivity contribution in [1.82, 2.24) is 9.97 Å². The van der Waals surface area contributed by atoms with E-state index in [1.54, 1.807) is 19.4 Å². The van der Waals surface area contributed by atoms with Gasteiger partial charge in [0.05, 0.1) is 11.6 Å². The first-order chi connectivity index (χ1) is 6.10. The van der Waals surface area contributed by atoms with Gasteiger partial charge in [0.2, 0.25) is 0 Å². The third-order valence-corrected chi connectivity index (χ3v) is 2.17. The fraction of sp³-hybridized carbons (Fsp3) is 0.556. The van der Waals surface area contributed by atoms with E-state index in [1.165, 1.54) is 0 Å². The molecule has 0 saturated heterocycles. The molecule has 1 aromatic rings. The van der Waals surface area contributed by atoms with Crippen molar-refractivity contribution >= 4 is 11.6 Å². The number of rotatable bonds is 3. The number of hydrogen-bond acceptors (Lipinski definition) is 3. The van der Waals surface area contributed by atoms with Gasteiger partial charge in [-0.25, -0.2) is 9.97 Å².